The van der Waals surface area contributed by atoms with Gasteiger partial charge < -0.3 is 15.6 Å². The second-order valence-electron chi connectivity index (χ2n) is 6.35. The molecule has 0 spiro atoms. The smallest absolute Gasteiger partial charge is 0.314 e. The van der Waals surface area contributed by atoms with Crippen LogP contribution in [0.4, 0.5) is 0 Å². The number of primary amides is 1. The number of allylic oxidation sites excluding steroid dienone is 2. The van der Waals surface area contributed by atoms with Gasteiger partial charge in [-0.3, -0.25) is 14.0 Å². The van der Waals surface area contributed by atoms with Gasteiger partial charge in [0, 0.05) is 23.8 Å². The summed E-state index contributed by atoms with van der Waals surface area (Å²) in [7, 11) is 1.30. The lowest BCUT2D eigenvalue weighted by Gasteiger charge is -2.38. The third kappa shape index (κ3) is 2.57. The molecule has 0 fully saturated rings. The number of thiophene rings is 1. The fourth-order valence-electron chi connectivity index (χ4n) is 3.64. The maximum Gasteiger partial charge on any atom is 0.314 e. The van der Waals surface area contributed by atoms with Crippen LogP contribution >= 0.6 is 11.3 Å². The minimum atomic E-state index is -1.80. The van der Waals surface area contributed by atoms with Crippen molar-refractivity contribution in [2.45, 2.75) is 5.60 Å². The van der Waals surface area contributed by atoms with Crippen LogP contribution in [-0.4, -0.2) is 39.1 Å². The largest absolute Gasteiger partial charge is 0.481 e. The van der Waals surface area contributed by atoms with Crippen molar-refractivity contribution in [2.24, 2.45) is 11.7 Å². The van der Waals surface area contributed by atoms with Gasteiger partial charge in [0.05, 0.1) is 11.9 Å². The number of carboxylic acid groups (broad SMARTS) is 1. The van der Waals surface area contributed by atoms with Crippen molar-refractivity contribution in [3.8, 4) is 0 Å². The van der Waals surface area contributed by atoms with Crippen LogP contribution in [0, 0.1) is 5.92 Å². The van der Waals surface area contributed by atoms with Crippen LogP contribution in [0.25, 0.3) is 16.8 Å². The van der Waals surface area contributed by atoms with Gasteiger partial charge in [-0.2, -0.15) is 0 Å². The number of aromatic nitrogens is 2. The third-order valence-corrected chi connectivity index (χ3v) is 5.84. The van der Waals surface area contributed by atoms with E-state index in [9.17, 15) is 14.7 Å². The standard InChI is InChI=1S/C20H17N3O4S/c1-27-20(19(21)26)13(16-5-4-8-28-16)9-12(10-14(20)18(24)25)15-11-22-17-6-2-3-7-23(15)17/h2-11,14H,1H3,(H2,21,26)(H,24,25). The number of rotatable bonds is 5. The lowest BCUT2D eigenvalue weighted by molar-refractivity contribution is -0.154. The molecular weight excluding hydrogens is 378 g/mol. The van der Waals surface area contributed by atoms with E-state index in [0.29, 0.717) is 21.7 Å². The molecule has 1 aliphatic rings. The topological polar surface area (TPSA) is 107 Å². The van der Waals surface area contributed by atoms with Gasteiger partial charge in [0.1, 0.15) is 11.6 Å². The Morgan fingerprint density at radius 3 is 2.79 bits per heavy atom. The molecule has 8 heteroatoms. The predicted octanol–water partition coefficient (Wildman–Crippen LogP) is 2.45. The number of fused-ring (bicyclic) bond motifs is 1. The Kier molecular flexibility index (Phi) is 4.37. The molecule has 2 atom stereocenters. The van der Waals surface area contributed by atoms with E-state index in [0.717, 1.165) is 5.65 Å². The third-order valence-electron chi connectivity index (χ3n) is 4.94. The van der Waals surface area contributed by atoms with E-state index in [1.165, 1.54) is 24.5 Å². The van der Waals surface area contributed by atoms with Crippen molar-refractivity contribution in [1.29, 1.82) is 0 Å². The number of carboxylic acids is 1. The fraction of sp³-hybridized carbons (Fsp3) is 0.150. The maximum absolute atomic E-state index is 12.5. The van der Waals surface area contributed by atoms with Gasteiger partial charge in [-0.1, -0.05) is 18.2 Å². The highest BCUT2D eigenvalue weighted by atomic mass is 32.1. The molecule has 3 aromatic rings. The van der Waals surface area contributed by atoms with Gasteiger partial charge in [0.15, 0.2) is 5.60 Å². The number of carbonyl (C=O) groups is 2. The van der Waals surface area contributed by atoms with Crippen LogP contribution in [0.5, 0.6) is 0 Å². The van der Waals surface area contributed by atoms with Crippen LogP contribution in [0.3, 0.4) is 0 Å². The minimum absolute atomic E-state index is 0.424. The number of amides is 1. The number of nitrogens with two attached hydrogens (primary N) is 1. The molecule has 2 unspecified atom stereocenters. The van der Waals surface area contributed by atoms with Gasteiger partial charge in [-0.15, -0.1) is 11.3 Å². The summed E-state index contributed by atoms with van der Waals surface area (Å²) in [5.74, 6) is -3.34. The number of imidazole rings is 1. The first kappa shape index (κ1) is 18.1. The first-order valence-corrected chi connectivity index (χ1v) is 9.35. The van der Waals surface area contributed by atoms with E-state index in [1.807, 2.05) is 46.3 Å². The van der Waals surface area contributed by atoms with Crippen LogP contribution in [-0.2, 0) is 14.3 Å². The summed E-state index contributed by atoms with van der Waals surface area (Å²) in [6, 6.07) is 9.22. The van der Waals surface area contributed by atoms with Crippen molar-refractivity contribution in [3.63, 3.8) is 0 Å². The molecule has 1 amide bonds. The van der Waals surface area contributed by atoms with E-state index in [4.69, 9.17) is 10.5 Å². The summed E-state index contributed by atoms with van der Waals surface area (Å²) in [4.78, 5) is 29.7. The minimum Gasteiger partial charge on any atom is -0.481 e. The molecule has 3 aromatic heterocycles. The molecular formula is C20H17N3O4S. The number of carbonyl (C=O) groups excluding carboxylic acids is 1. The summed E-state index contributed by atoms with van der Waals surface area (Å²) in [6.45, 7) is 0. The normalized spacial score (nSPS) is 22.0. The van der Waals surface area contributed by atoms with Crippen molar-refractivity contribution < 1.29 is 19.4 Å². The van der Waals surface area contributed by atoms with Gasteiger partial charge in [-0.05, 0) is 35.2 Å². The van der Waals surface area contributed by atoms with Gasteiger partial charge in [-0.25, -0.2) is 4.98 Å². The Morgan fingerprint density at radius 2 is 2.14 bits per heavy atom. The summed E-state index contributed by atoms with van der Waals surface area (Å²) in [5.41, 5.74) is 6.37. The molecule has 0 aliphatic heterocycles. The second-order valence-corrected chi connectivity index (χ2v) is 7.30. The molecule has 0 radical (unpaired) electrons. The SMILES string of the molecule is COC1(C(N)=O)C(c2cccs2)=CC(c2cnc3ccccn23)=CC1C(=O)O. The van der Waals surface area contributed by atoms with Crippen LogP contribution < -0.4 is 5.73 Å². The number of methoxy groups -OCH3 is 1. The summed E-state index contributed by atoms with van der Waals surface area (Å²) in [6.07, 6.45) is 6.78. The monoisotopic (exact) mass is 395 g/mol. The fourth-order valence-corrected chi connectivity index (χ4v) is 4.43. The maximum atomic E-state index is 12.5. The zero-order valence-corrected chi connectivity index (χ0v) is 15.7. The molecule has 7 nitrogen and oxygen atoms in total. The number of hydrogen-bond acceptors (Lipinski definition) is 5. The van der Waals surface area contributed by atoms with Crippen molar-refractivity contribution in [1.82, 2.24) is 9.38 Å². The number of hydrogen-bond donors (Lipinski definition) is 2. The van der Waals surface area contributed by atoms with E-state index in [2.05, 4.69) is 4.98 Å². The number of aliphatic carboxylic acids is 1. The molecule has 0 saturated carbocycles. The summed E-state index contributed by atoms with van der Waals surface area (Å²) in [5, 5.41) is 11.8. The zero-order valence-electron chi connectivity index (χ0n) is 14.9. The molecule has 3 N–H and O–H groups in total. The van der Waals surface area contributed by atoms with Gasteiger partial charge >= 0.3 is 5.97 Å². The lowest BCUT2D eigenvalue weighted by Crippen LogP contribution is -2.55. The number of ether oxygens (including phenoxy) is 1. The van der Waals surface area contributed by atoms with Crippen LogP contribution in [0.2, 0.25) is 0 Å². The highest BCUT2D eigenvalue weighted by molar-refractivity contribution is 7.11. The van der Waals surface area contributed by atoms with Crippen LogP contribution in [0.15, 0.2) is 60.3 Å². The van der Waals surface area contributed by atoms with E-state index in [1.54, 1.807) is 12.3 Å². The molecule has 28 heavy (non-hydrogen) atoms. The Hall–Kier alpha value is -3.23. The summed E-state index contributed by atoms with van der Waals surface area (Å²) >= 11 is 1.38. The highest BCUT2D eigenvalue weighted by Crippen LogP contribution is 2.45. The quantitative estimate of drug-likeness (QED) is 0.690. The van der Waals surface area contributed by atoms with Gasteiger partial charge in [0.2, 0.25) is 0 Å². The first-order valence-electron chi connectivity index (χ1n) is 8.47. The van der Waals surface area contributed by atoms with Crippen molar-refractivity contribution in [2.75, 3.05) is 7.11 Å². The Bertz CT molecular complexity index is 1130. The van der Waals surface area contributed by atoms with E-state index < -0.39 is 23.4 Å². The molecule has 0 saturated heterocycles. The van der Waals surface area contributed by atoms with E-state index in [-0.39, 0.29) is 0 Å². The molecule has 4 rings (SSSR count). The predicted molar refractivity (Wildman–Crippen MR) is 106 cm³/mol. The van der Waals surface area contributed by atoms with Crippen molar-refractivity contribution >= 4 is 40.0 Å². The Labute approximate surface area is 164 Å². The average molecular weight is 395 g/mol. The first-order chi connectivity index (χ1) is 13.5. The Balaban J connectivity index is 2.00. The lowest BCUT2D eigenvalue weighted by atomic mass is 9.73. The Morgan fingerprint density at radius 1 is 1.32 bits per heavy atom. The average Bonchev–Trinajstić information content (AvgIpc) is 3.36. The van der Waals surface area contributed by atoms with Crippen molar-refractivity contribution in [3.05, 3.63) is 70.8 Å². The zero-order chi connectivity index (χ0) is 19.9. The molecule has 1 aliphatic carbocycles. The van der Waals surface area contributed by atoms with Gasteiger partial charge in [0.25, 0.3) is 5.91 Å². The molecule has 142 valence electrons. The highest BCUT2D eigenvalue weighted by Gasteiger charge is 2.53. The molecule has 0 aromatic carbocycles. The number of pyridine rings is 1. The number of nitrogens with zero attached hydrogens (tertiary/aromatic N) is 2. The second kappa shape index (κ2) is 6.74. The van der Waals surface area contributed by atoms with Crippen LogP contribution in [0.1, 0.15) is 10.6 Å². The molecule has 0 bridgehead atoms. The molecule has 3 heterocycles. The van der Waals surface area contributed by atoms with E-state index >= 15 is 0 Å². The summed E-state index contributed by atoms with van der Waals surface area (Å²) < 4.78 is 7.38.